The van der Waals surface area contributed by atoms with Crippen LogP contribution in [0.4, 0.5) is 0 Å². The summed E-state index contributed by atoms with van der Waals surface area (Å²) in [7, 11) is -3.47. The second-order valence-corrected chi connectivity index (χ2v) is 9.19. The molecule has 1 unspecified atom stereocenters. The molecule has 0 aliphatic carbocycles. The summed E-state index contributed by atoms with van der Waals surface area (Å²) in [5, 5.41) is 0. The lowest BCUT2D eigenvalue weighted by Crippen LogP contribution is -2.37. The summed E-state index contributed by atoms with van der Waals surface area (Å²) in [6.45, 7) is 5.28. The van der Waals surface area contributed by atoms with E-state index >= 15 is 0 Å². The Labute approximate surface area is 150 Å². The van der Waals surface area contributed by atoms with Crippen molar-refractivity contribution in [2.24, 2.45) is 17.6 Å². The third kappa shape index (κ3) is 3.88. The van der Waals surface area contributed by atoms with E-state index in [4.69, 9.17) is 5.73 Å². The van der Waals surface area contributed by atoms with Crippen LogP contribution in [-0.4, -0.2) is 56.3 Å². The van der Waals surface area contributed by atoms with Gasteiger partial charge in [-0.1, -0.05) is 6.92 Å². The van der Waals surface area contributed by atoms with Crippen molar-refractivity contribution in [1.29, 1.82) is 0 Å². The minimum Gasteiger partial charge on any atom is -0.338 e. The van der Waals surface area contributed by atoms with Crippen LogP contribution in [0.5, 0.6) is 0 Å². The molecule has 0 spiro atoms. The van der Waals surface area contributed by atoms with Crippen molar-refractivity contribution < 1.29 is 13.2 Å². The lowest BCUT2D eigenvalue weighted by Gasteiger charge is -2.29. The monoisotopic (exact) mass is 365 g/mol. The second-order valence-electron chi connectivity index (χ2n) is 7.25. The standard InChI is InChI=1S/C18H27N3O3S/c1-14-6-10-21(11-7-14)25(23,24)17-4-2-16(3-5-17)18(22)20-9-8-15(12-19)13-20/h2-5,14-15H,6-13,19H2,1H3. The zero-order valence-electron chi connectivity index (χ0n) is 14.7. The molecule has 0 saturated carbocycles. The van der Waals surface area contributed by atoms with Gasteiger partial charge in [-0.25, -0.2) is 8.42 Å². The van der Waals surface area contributed by atoms with E-state index in [0.717, 1.165) is 19.3 Å². The zero-order valence-corrected chi connectivity index (χ0v) is 15.5. The van der Waals surface area contributed by atoms with E-state index in [9.17, 15) is 13.2 Å². The van der Waals surface area contributed by atoms with Gasteiger partial charge in [0.15, 0.2) is 0 Å². The number of nitrogens with two attached hydrogens (primary N) is 1. The Bertz CT molecular complexity index is 710. The number of rotatable bonds is 4. The van der Waals surface area contributed by atoms with Crippen LogP contribution in [0, 0.1) is 11.8 Å². The normalized spacial score (nSPS) is 23.1. The van der Waals surface area contributed by atoms with Crippen LogP contribution in [0.25, 0.3) is 0 Å². The molecule has 7 heteroatoms. The number of hydrogen-bond acceptors (Lipinski definition) is 4. The summed E-state index contributed by atoms with van der Waals surface area (Å²) in [5.74, 6) is 0.890. The highest BCUT2D eigenvalue weighted by Gasteiger charge is 2.29. The maximum Gasteiger partial charge on any atom is 0.253 e. The molecule has 6 nitrogen and oxygen atoms in total. The van der Waals surface area contributed by atoms with Gasteiger partial charge in [0, 0.05) is 31.7 Å². The van der Waals surface area contributed by atoms with Gasteiger partial charge in [0.2, 0.25) is 10.0 Å². The van der Waals surface area contributed by atoms with E-state index in [1.165, 1.54) is 0 Å². The smallest absolute Gasteiger partial charge is 0.253 e. The van der Waals surface area contributed by atoms with Crippen LogP contribution in [0.15, 0.2) is 29.2 Å². The first kappa shape index (κ1) is 18.4. The first-order valence-corrected chi connectivity index (χ1v) is 10.5. The van der Waals surface area contributed by atoms with Crippen molar-refractivity contribution in [3.05, 3.63) is 29.8 Å². The Morgan fingerprint density at radius 2 is 1.76 bits per heavy atom. The SMILES string of the molecule is CC1CCN(S(=O)(=O)c2ccc(C(=O)N3CCC(CN)C3)cc2)CC1. The summed E-state index contributed by atoms with van der Waals surface area (Å²) < 4.78 is 27.0. The van der Waals surface area contributed by atoms with Gasteiger partial charge in [-0.15, -0.1) is 0 Å². The van der Waals surface area contributed by atoms with Gasteiger partial charge in [0.05, 0.1) is 4.90 Å². The van der Waals surface area contributed by atoms with Crippen molar-refractivity contribution in [2.75, 3.05) is 32.7 Å². The Hall–Kier alpha value is -1.44. The molecule has 25 heavy (non-hydrogen) atoms. The van der Waals surface area contributed by atoms with Crippen LogP contribution in [0.3, 0.4) is 0 Å². The molecule has 1 atom stereocenters. The summed E-state index contributed by atoms with van der Waals surface area (Å²) >= 11 is 0. The summed E-state index contributed by atoms with van der Waals surface area (Å²) in [6.07, 6.45) is 2.72. The molecule has 0 radical (unpaired) electrons. The highest BCUT2D eigenvalue weighted by atomic mass is 32.2. The number of carbonyl (C=O) groups is 1. The molecule has 2 saturated heterocycles. The molecule has 3 rings (SSSR count). The highest BCUT2D eigenvalue weighted by Crippen LogP contribution is 2.24. The molecule has 138 valence electrons. The van der Waals surface area contributed by atoms with Crippen molar-refractivity contribution in [2.45, 2.75) is 31.1 Å². The Kier molecular flexibility index (Phi) is 5.46. The quantitative estimate of drug-likeness (QED) is 0.877. The fourth-order valence-corrected chi connectivity index (χ4v) is 5.01. The Morgan fingerprint density at radius 3 is 2.32 bits per heavy atom. The molecule has 0 bridgehead atoms. The number of piperidine rings is 1. The fraction of sp³-hybridized carbons (Fsp3) is 0.611. The molecule has 1 amide bonds. The van der Waals surface area contributed by atoms with Gasteiger partial charge >= 0.3 is 0 Å². The van der Waals surface area contributed by atoms with Gasteiger partial charge < -0.3 is 10.6 Å². The molecule has 2 fully saturated rings. The maximum atomic E-state index is 12.7. The fourth-order valence-electron chi connectivity index (χ4n) is 3.54. The Morgan fingerprint density at radius 1 is 1.12 bits per heavy atom. The third-order valence-electron chi connectivity index (χ3n) is 5.39. The number of hydrogen-bond donors (Lipinski definition) is 1. The molecular formula is C18H27N3O3S. The van der Waals surface area contributed by atoms with Crippen molar-refractivity contribution in [3.63, 3.8) is 0 Å². The first-order chi connectivity index (χ1) is 11.9. The van der Waals surface area contributed by atoms with Gasteiger partial charge in [0.1, 0.15) is 0 Å². The predicted octanol–water partition coefficient (Wildman–Crippen LogP) is 1.53. The molecular weight excluding hydrogens is 338 g/mol. The van der Waals surface area contributed by atoms with Crippen molar-refractivity contribution >= 4 is 15.9 Å². The van der Waals surface area contributed by atoms with E-state index in [1.807, 2.05) is 0 Å². The molecule has 1 aromatic rings. The lowest BCUT2D eigenvalue weighted by atomic mass is 10.0. The number of benzene rings is 1. The third-order valence-corrected chi connectivity index (χ3v) is 7.30. The number of sulfonamides is 1. The highest BCUT2D eigenvalue weighted by molar-refractivity contribution is 7.89. The average molecular weight is 365 g/mol. The number of likely N-dealkylation sites (tertiary alicyclic amines) is 1. The van der Waals surface area contributed by atoms with Gasteiger partial charge in [-0.05, 0) is 61.9 Å². The molecule has 2 aliphatic heterocycles. The zero-order chi connectivity index (χ0) is 18.0. The Balaban J connectivity index is 1.70. The number of carbonyl (C=O) groups excluding carboxylic acids is 1. The minimum atomic E-state index is -3.47. The molecule has 1 aromatic carbocycles. The lowest BCUT2D eigenvalue weighted by molar-refractivity contribution is 0.0787. The van der Waals surface area contributed by atoms with Crippen molar-refractivity contribution in [1.82, 2.24) is 9.21 Å². The van der Waals surface area contributed by atoms with Crippen LogP contribution in [0.1, 0.15) is 36.5 Å². The van der Waals surface area contributed by atoms with Crippen LogP contribution < -0.4 is 5.73 Å². The maximum absolute atomic E-state index is 12.7. The predicted molar refractivity (Wildman–Crippen MR) is 96.7 cm³/mol. The van der Waals surface area contributed by atoms with E-state index in [0.29, 0.717) is 50.1 Å². The van der Waals surface area contributed by atoms with Crippen LogP contribution >= 0.6 is 0 Å². The van der Waals surface area contributed by atoms with E-state index in [1.54, 1.807) is 33.5 Å². The second kappa shape index (κ2) is 7.43. The van der Waals surface area contributed by atoms with Crippen molar-refractivity contribution in [3.8, 4) is 0 Å². The van der Waals surface area contributed by atoms with E-state index < -0.39 is 10.0 Å². The summed E-state index contributed by atoms with van der Waals surface area (Å²) in [5.41, 5.74) is 6.20. The summed E-state index contributed by atoms with van der Waals surface area (Å²) in [4.78, 5) is 14.6. The first-order valence-electron chi connectivity index (χ1n) is 9.01. The van der Waals surface area contributed by atoms with E-state index in [2.05, 4.69) is 6.92 Å². The van der Waals surface area contributed by atoms with E-state index in [-0.39, 0.29) is 10.8 Å². The number of amides is 1. The minimum absolute atomic E-state index is 0.0494. The number of nitrogens with zero attached hydrogens (tertiary/aromatic N) is 2. The van der Waals surface area contributed by atoms with Crippen LogP contribution in [-0.2, 0) is 10.0 Å². The average Bonchev–Trinajstić information content (AvgIpc) is 3.11. The van der Waals surface area contributed by atoms with Gasteiger partial charge in [0.25, 0.3) is 5.91 Å². The molecule has 2 N–H and O–H groups in total. The van der Waals surface area contributed by atoms with Gasteiger partial charge in [-0.2, -0.15) is 4.31 Å². The van der Waals surface area contributed by atoms with Gasteiger partial charge in [-0.3, -0.25) is 4.79 Å². The largest absolute Gasteiger partial charge is 0.338 e. The molecule has 2 heterocycles. The molecule has 0 aromatic heterocycles. The topological polar surface area (TPSA) is 83.7 Å². The molecule has 2 aliphatic rings. The summed E-state index contributed by atoms with van der Waals surface area (Å²) in [6, 6.07) is 6.35. The van der Waals surface area contributed by atoms with Crippen LogP contribution in [0.2, 0.25) is 0 Å².